The van der Waals surface area contributed by atoms with E-state index >= 15 is 0 Å². The lowest BCUT2D eigenvalue weighted by atomic mass is 9.94. The van der Waals surface area contributed by atoms with Crippen molar-refractivity contribution in [3.05, 3.63) is 33.8 Å². The lowest BCUT2D eigenvalue weighted by molar-refractivity contribution is -0.120. The van der Waals surface area contributed by atoms with Crippen molar-refractivity contribution >= 4 is 29.0 Å². The number of ketones is 1. The average Bonchev–Trinajstić information content (AvgIpc) is 2.19. The van der Waals surface area contributed by atoms with Gasteiger partial charge in [-0.25, -0.2) is 0 Å². The summed E-state index contributed by atoms with van der Waals surface area (Å²) in [6.45, 7) is 3.65. The molecule has 0 amide bonds. The predicted octanol–water partition coefficient (Wildman–Crippen LogP) is 4.15. The van der Waals surface area contributed by atoms with E-state index in [0.29, 0.717) is 10.0 Å². The molecular formula is C12H14Cl2O. The second kappa shape index (κ2) is 5.53. The first-order chi connectivity index (χ1) is 7.04. The largest absolute Gasteiger partial charge is 0.300 e. The van der Waals surface area contributed by atoms with Crippen molar-refractivity contribution in [2.24, 2.45) is 5.92 Å². The van der Waals surface area contributed by atoms with Crippen LogP contribution in [0, 0.1) is 5.92 Å². The Morgan fingerprint density at radius 1 is 1.33 bits per heavy atom. The number of Topliss-reactive ketones (excluding diaryl/α,β-unsaturated/α-hetero) is 1. The summed E-state index contributed by atoms with van der Waals surface area (Å²) in [5, 5.41) is 1.10. The summed E-state index contributed by atoms with van der Waals surface area (Å²) >= 11 is 11.7. The van der Waals surface area contributed by atoms with Gasteiger partial charge in [0.15, 0.2) is 0 Å². The predicted molar refractivity (Wildman–Crippen MR) is 64.6 cm³/mol. The van der Waals surface area contributed by atoms with Gasteiger partial charge in [-0.1, -0.05) is 36.2 Å². The average molecular weight is 245 g/mol. The molecule has 0 saturated heterocycles. The first-order valence-corrected chi connectivity index (χ1v) is 5.74. The second-order valence-corrected chi connectivity index (χ2v) is 4.48. The third kappa shape index (κ3) is 3.51. The van der Waals surface area contributed by atoms with Crippen LogP contribution in [0.4, 0.5) is 0 Å². The van der Waals surface area contributed by atoms with Gasteiger partial charge in [0.1, 0.15) is 5.78 Å². The fourth-order valence-electron chi connectivity index (χ4n) is 1.53. The van der Waals surface area contributed by atoms with Gasteiger partial charge >= 0.3 is 0 Å². The van der Waals surface area contributed by atoms with Crippen molar-refractivity contribution < 1.29 is 4.79 Å². The summed E-state index contributed by atoms with van der Waals surface area (Å²) in [6.07, 6.45) is 1.60. The van der Waals surface area contributed by atoms with Crippen molar-refractivity contribution in [3.8, 4) is 0 Å². The Labute approximate surface area is 100 Å². The van der Waals surface area contributed by atoms with Crippen LogP contribution >= 0.6 is 23.2 Å². The molecule has 0 spiro atoms. The topological polar surface area (TPSA) is 17.1 Å². The van der Waals surface area contributed by atoms with E-state index < -0.39 is 0 Å². The van der Waals surface area contributed by atoms with Crippen LogP contribution in [0.1, 0.15) is 25.8 Å². The monoisotopic (exact) mass is 244 g/mol. The highest BCUT2D eigenvalue weighted by atomic mass is 35.5. The summed E-state index contributed by atoms with van der Waals surface area (Å²) in [5.41, 5.74) is 1.06. The Morgan fingerprint density at radius 3 is 2.47 bits per heavy atom. The van der Waals surface area contributed by atoms with Gasteiger partial charge in [-0.2, -0.15) is 0 Å². The lowest BCUT2D eigenvalue weighted by Crippen LogP contribution is -2.12. The van der Waals surface area contributed by atoms with Crippen LogP contribution in [0.25, 0.3) is 0 Å². The quantitative estimate of drug-likeness (QED) is 0.778. The van der Waals surface area contributed by atoms with Crippen LogP contribution in [0.2, 0.25) is 10.0 Å². The number of hydrogen-bond donors (Lipinski definition) is 0. The summed E-state index contributed by atoms with van der Waals surface area (Å²) in [4.78, 5) is 11.3. The molecule has 0 saturated carbocycles. The number of halogens is 2. The Kier molecular flexibility index (Phi) is 4.62. The zero-order chi connectivity index (χ0) is 11.4. The number of rotatable bonds is 4. The van der Waals surface area contributed by atoms with Crippen molar-refractivity contribution in [1.82, 2.24) is 0 Å². The van der Waals surface area contributed by atoms with E-state index in [9.17, 15) is 4.79 Å². The fourth-order valence-corrected chi connectivity index (χ4v) is 1.85. The Hall–Kier alpha value is -0.530. The first kappa shape index (κ1) is 12.5. The number of hydrogen-bond acceptors (Lipinski definition) is 1. The van der Waals surface area contributed by atoms with E-state index in [0.717, 1.165) is 18.4 Å². The van der Waals surface area contributed by atoms with Gasteiger partial charge in [0.2, 0.25) is 0 Å². The van der Waals surface area contributed by atoms with Gasteiger partial charge < -0.3 is 0 Å². The third-order valence-corrected chi connectivity index (χ3v) is 3.27. The minimum Gasteiger partial charge on any atom is -0.300 e. The Balaban J connectivity index is 2.80. The Bertz CT molecular complexity index is 361. The maximum atomic E-state index is 11.3. The van der Waals surface area contributed by atoms with E-state index in [1.165, 1.54) is 0 Å². The molecule has 1 unspecified atom stereocenters. The molecule has 0 aliphatic carbocycles. The third-order valence-electron chi connectivity index (χ3n) is 2.53. The zero-order valence-corrected chi connectivity index (χ0v) is 10.4. The smallest absolute Gasteiger partial charge is 0.133 e. The van der Waals surface area contributed by atoms with Gasteiger partial charge in [-0.3, -0.25) is 4.79 Å². The molecule has 1 aromatic carbocycles. The van der Waals surface area contributed by atoms with E-state index in [2.05, 4.69) is 0 Å². The highest BCUT2D eigenvalue weighted by Gasteiger charge is 2.12. The maximum absolute atomic E-state index is 11.3. The number of carbonyl (C=O) groups excluding carboxylic acids is 1. The minimum absolute atomic E-state index is 0.0854. The highest BCUT2D eigenvalue weighted by molar-refractivity contribution is 6.42. The molecule has 0 heterocycles. The summed E-state index contributed by atoms with van der Waals surface area (Å²) < 4.78 is 0. The molecule has 0 aromatic heterocycles. The fraction of sp³-hybridized carbons (Fsp3) is 0.417. The maximum Gasteiger partial charge on any atom is 0.133 e. The van der Waals surface area contributed by atoms with Crippen LogP contribution in [0.3, 0.4) is 0 Å². The van der Waals surface area contributed by atoms with Gasteiger partial charge in [0.05, 0.1) is 10.0 Å². The molecule has 82 valence electrons. The van der Waals surface area contributed by atoms with Crippen LogP contribution in [0.5, 0.6) is 0 Å². The van der Waals surface area contributed by atoms with Crippen molar-refractivity contribution in [3.63, 3.8) is 0 Å². The van der Waals surface area contributed by atoms with Crippen molar-refractivity contribution in [2.75, 3.05) is 0 Å². The molecule has 0 aliphatic heterocycles. The highest BCUT2D eigenvalue weighted by Crippen LogP contribution is 2.24. The van der Waals surface area contributed by atoms with Crippen molar-refractivity contribution in [1.29, 1.82) is 0 Å². The van der Waals surface area contributed by atoms with Gasteiger partial charge in [0, 0.05) is 5.92 Å². The van der Waals surface area contributed by atoms with Crippen molar-refractivity contribution in [2.45, 2.75) is 26.7 Å². The van der Waals surface area contributed by atoms with E-state index in [4.69, 9.17) is 23.2 Å². The molecule has 0 fully saturated rings. The molecule has 0 aliphatic rings. The summed E-state index contributed by atoms with van der Waals surface area (Å²) in [7, 11) is 0. The minimum atomic E-state index is 0.0854. The summed E-state index contributed by atoms with van der Waals surface area (Å²) in [6, 6.07) is 5.52. The standard InChI is InChI=1S/C12H14Cl2O/c1-3-10(8(2)15)6-9-4-5-11(13)12(14)7-9/h4-5,7,10H,3,6H2,1-2H3. The molecule has 1 nitrogen and oxygen atoms in total. The molecule has 3 heteroatoms. The van der Waals surface area contributed by atoms with E-state index in [1.54, 1.807) is 13.0 Å². The van der Waals surface area contributed by atoms with Gasteiger partial charge in [-0.05, 0) is 37.5 Å². The van der Waals surface area contributed by atoms with E-state index in [1.807, 2.05) is 19.1 Å². The normalized spacial score (nSPS) is 12.5. The number of carbonyl (C=O) groups is 1. The molecule has 0 bridgehead atoms. The number of benzene rings is 1. The molecule has 1 rings (SSSR count). The van der Waals surface area contributed by atoms with Crippen LogP contribution in [-0.2, 0) is 11.2 Å². The Morgan fingerprint density at radius 2 is 2.00 bits per heavy atom. The summed E-state index contributed by atoms with van der Waals surface area (Å²) in [5.74, 6) is 0.311. The molecule has 0 radical (unpaired) electrons. The lowest BCUT2D eigenvalue weighted by Gasteiger charge is -2.11. The molecular weight excluding hydrogens is 231 g/mol. The molecule has 0 N–H and O–H groups in total. The van der Waals surface area contributed by atoms with Crippen LogP contribution < -0.4 is 0 Å². The van der Waals surface area contributed by atoms with Crippen LogP contribution in [-0.4, -0.2) is 5.78 Å². The molecule has 1 aromatic rings. The second-order valence-electron chi connectivity index (χ2n) is 3.67. The first-order valence-electron chi connectivity index (χ1n) is 4.99. The molecule has 1 atom stereocenters. The van der Waals surface area contributed by atoms with Crippen LogP contribution in [0.15, 0.2) is 18.2 Å². The van der Waals surface area contributed by atoms with Gasteiger partial charge in [-0.15, -0.1) is 0 Å². The zero-order valence-electron chi connectivity index (χ0n) is 8.89. The SMILES string of the molecule is CCC(Cc1ccc(Cl)c(Cl)c1)C(C)=O. The van der Waals surface area contributed by atoms with E-state index in [-0.39, 0.29) is 11.7 Å². The van der Waals surface area contributed by atoms with Gasteiger partial charge in [0.25, 0.3) is 0 Å². The molecule has 15 heavy (non-hydrogen) atoms.